The van der Waals surface area contributed by atoms with E-state index in [9.17, 15) is 9.90 Å². The van der Waals surface area contributed by atoms with Crippen LogP contribution in [0, 0.1) is 6.92 Å². The number of benzene rings is 1. The number of carbonyl (C=O) groups excluding carboxylic acids is 1. The van der Waals surface area contributed by atoms with Gasteiger partial charge in [-0.05, 0) is 31.5 Å². The van der Waals surface area contributed by atoms with Crippen molar-refractivity contribution < 1.29 is 9.90 Å². The molecule has 0 bridgehead atoms. The van der Waals surface area contributed by atoms with Crippen LogP contribution in [-0.4, -0.2) is 10.9 Å². The minimum atomic E-state index is -0.182. The van der Waals surface area contributed by atoms with Crippen LogP contribution in [0.15, 0.2) is 12.1 Å². The van der Waals surface area contributed by atoms with Gasteiger partial charge in [0.1, 0.15) is 5.75 Å². The maximum Gasteiger partial charge on any atom is 0.163 e. The Bertz CT molecular complexity index is 332. The summed E-state index contributed by atoms with van der Waals surface area (Å²) in [6, 6.07) is 3.08. The van der Waals surface area contributed by atoms with Crippen LogP contribution < -0.4 is 0 Å². The Morgan fingerprint density at radius 3 is 2.58 bits per heavy atom. The Morgan fingerprint density at radius 1 is 1.50 bits per heavy atom. The normalized spacial score (nSPS) is 9.92. The molecule has 12 heavy (non-hydrogen) atoms. The predicted octanol–water partition coefficient (Wildman–Crippen LogP) is 2.56. The molecular weight excluding hydrogens is 176 g/mol. The summed E-state index contributed by atoms with van der Waals surface area (Å²) in [5.41, 5.74) is 0.896. The molecule has 0 radical (unpaired) electrons. The first-order valence-electron chi connectivity index (χ1n) is 3.52. The van der Waals surface area contributed by atoms with Crippen LogP contribution in [0.5, 0.6) is 5.75 Å². The molecule has 0 aliphatic rings. The number of hydrogen-bond donors (Lipinski definition) is 1. The van der Waals surface area contributed by atoms with E-state index in [-0.39, 0.29) is 17.1 Å². The molecule has 0 saturated heterocycles. The van der Waals surface area contributed by atoms with E-state index in [1.54, 1.807) is 13.0 Å². The highest BCUT2D eigenvalue weighted by molar-refractivity contribution is 6.31. The first-order valence-corrected chi connectivity index (χ1v) is 3.90. The number of phenols is 1. The van der Waals surface area contributed by atoms with Crippen molar-refractivity contribution in [3.63, 3.8) is 0 Å². The monoisotopic (exact) mass is 184 g/mol. The number of phenolic OH excluding ortho intramolecular Hbond substituents is 1. The first-order chi connectivity index (χ1) is 5.52. The van der Waals surface area contributed by atoms with Crippen molar-refractivity contribution in [2.24, 2.45) is 0 Å². The van der Waals surface area contributed by atoms with E-state index in [0.29, 0.717) is 10.6 Å². The fraction of sp³-hybridized carbons (Fsp3) is 0.222. The molecule has 0 unspecified atom stereocenters. The van der Waals surface area contributed by atoms with Gasteiger partial charge < -0.3 is 5.11 Å². The van der Waals surface area contributed by atoms with Gasteiger partial charge in [0.25, 0.3) is 0 Å². The summed E-state index contributed by atoms with van der Waals surface area (Å²) in [4.78, 5) is 11.0. The summed E-state index contributed by atoms with van der Waals surface area (Å²) in [5.74, 6) is -0.162. The average molecular weight is 185 g/mol. The minimum Gasteiger partial charge on any atom is -0.507 e. The molecule has 0 atom stereocenters. The van der Waals surface area contributed by atoms with Crippen LogP contribution in [0.2, 0.25) is 5.02 Å². The zero-order valence-electron chi connectivity index (χ0n) is 6.89. The van der Waals surface area contributed by atoms with E-state index in [2.05, 4.69) is 0 Å². The summed E-state index contributed by atoms with van der Waals surface area (Å²) in [6.45, 7) is 3.10. The van der Waals surface area contributed by atoms with E-state index >= 15 is 0 Å². The van der Waals surface area contributed by atoms with E-state index in [1.165, 1.54) is 13.0 Å². The maximum atomic E-state index is 11.0. The lowest BCUT2D eigenvalue weighted by molar-refractivity contribution is 0.101. The van der Waals surface area contributed by atoms with Gasteiger partial charge in [0, 0.05) is 5.02 Å². The van der Waals surface area contributed by atoms with Crippen molar-refractivity contribution in [3.8, 4) is 5.75 Å². The Balaban J connectivity index is 3.37. The third-order valence-corrected chi connectivity index (χ3v) is 1.86. The van der Waals surface area contributed by atoms with Gasteiger partial charge >= 0.3 is 0 Å². The topological polar surface area (TPSA) is 37.3 Å². The second-order valence-corrected chi connectivity index (χ2v) is 3.11. The fourth-order valence-electron chi connectivity index (χ4n) is 1.00. The van der Waals surface area contributed by atoms with Gasteiger partial charge in [-0.1, -0.05) is 11.6 Å². The van der Waals surface area contributed by atoms with Crippen molar-refractivity contribution in [1.29, 1.82) is 0 Å². The zero-order valence-corrected chi connectivity index (χ0v) is 7.64. The molecule has 1 aromatic carbocycles. The van der Waals surface area contributed by atoms with E-state index in [1.807, 2.05) is 0 Å². The number of aromatic hydroxyl groups is 1. The zero-order chi connectivity index (χ0) is 9.30. The number of carbonyl (C=O) groups is 1. The van der Waals surface area contributed by atoms with Gasteiger partial charge in [0.2, 0.25) is 0 Å². The van der Waals surface area contributed by atoms with Gasteiger partial charge in [-0.15, -0.1) is 0 Å². The van der Waals surface area contributed by atoms with Crippen molar-refractivity contribution in [2.45, 2.75) is 13.8 Å². The molecule has 0 spiro atoms. The highest BCUT2D eigenvalue weighted by atomic mass is 35.5. The van der Waals surface area contributed by atoms with Crippen molar-refractivity contribution in [2.75, 3.05) is 0 Å². The molecule has 0 amide bonds. The Hall–Kier alpha value is -1.02. The molecule has 0 heterocycles. The summed E-state index contributed by atoms with van der Waals surface area (Å²) in [7, 11) is 0. The highest BCUT2D eigenvalue weighted by Crippen LogP contribution is 2.26. The molecule has 1 rings (SSSR count). The molecule has 0 fully saturated rings. The summed E-state index contributed by atoms with van der Waals surface area (Å²) in [5, 5.41) is 9.88. The van der Waals surface area contributed by atoms with Crippen molar-refractivity contribution in [1.82, 2.24) is 0 Å². The molecule has 0 aromatic heterocycles. The number of Topliss-reactive ketones (excluding diaryl/α,β-unsaturated/α-hetero) is 1. The lowest BCUT2D eigenvalue weighted by Crippen LogP contribution is -1.94. The summed E-state index contributed by atoms with van der Waals surface area (Å²) < 4.78 is 0. The molecule has 1 aromatic rings. The number of rotatable bonds is 1. The van der Waals surface area contributed by atoms with E-state index < -0.39 is 0 Å². The smallest absolute Gasteiger partial charge is 0.163 e. The summed E-state index contributed by atoms with van der Waals surface area (Å²) in [6.07, 6.45) is 0. The van der Waals surface area contributed by atoms with Crippen LogP contribution in [-0.2, 0) is 0 Å². The molecule has 1 N–H and O–H groups in total. The number of aryl methyl sites for hydroxylation is 1. The lowest BCUT2D eigenvalue weighted by atomic mass is 10.1. The Labute approximate surface area is 75.8 Å². The summed E-state index contributed by atoms with van der Waals surface area (Å²) >= 11 is 5.70. The lowest BCUT2D eigenvalue weighted by Gasteiger charge is -2.04. The molecule has 0 saturated carbocycles. The standard InChI is InChI=1S/C9H9ClO2/c1-5-3-7(10)4-8(6(2)11)9(5)12/h3-4,12H,1-2H3. The number of hydrogen-bond acceptors (Lipinski definition) is 2. The minimum absolute atomic E-state index is 0.0203. The largest absolute Gasteiger partial charge is 0.507 e. The van der Waals surface area contributed by atoms with Crippen LogP contribution in [0.1, 0.15) is 22.8 Å². The molecule has 0 aliphatic carbocycles. The van der Waals surface area contributed by atoms with Crippen molar-refractivity contribution in [3.05, 3.63) is 28.3 Å². The molecule has 64 valence electrons. The maximum absolute atomic E-state index is 11.0. The predicted molar refractivity (Wildman–Crippen MR) is 47.9 cm³/mol. The number of ketones is 1. The molecular formula is C9H9ClO2. The van der Waals surface area contributed by atoms with Crippen molar-refractivity contribution >= 4 is 17.4 Å². The molecule has 2 nitrogen and oxygen atoms in total. The Kier molecular flexibility index (Phi) is 2.38. The first kappa shape index (κ1) is 9.07. The third-order valence-electron chi connectivity index (χ3n) is 1.64. The van der Waals surface area contributed by atoms with Gasteiger partial charge in [0.15, 0.2) is 5.78 Å². The van der Waals surface area contributed by atoms with Gasteiger partial charge in [0.05, 0.1) is 5.56 Å². The van der Waals surface area contributed by atoms with Crippen LogP contribution in [0.4, 0.5) is 0 Å². The highest BCUT2D eigenvalue weighted by Gasteiger charge is 2.09. The third kappa shape index (κ3) is 1.59. The van der Waals surface area contributed by atoms with E-state index in [0.717, 1.165) is 0 Å². The van der Waals surface area contributed by atoms with E-state index in [4.69, 9.17) is 11.6 Å². The number of halogens is 1. The van der Waals surface area contributed by atoms with Gasteiger partial charge in [-0.2, -0.15) is 0 Å². The van der Waals surface area contributed by atoms with Gasteiger partial charge in [-0.25, -0.2) is 0 Å². The SMILES string of the molecule is CC(=O)c1cc(Cl)cc(C)c1O. The quantitative estimate of drug-likeness (QED) is 0.682. The van der Waals surface area contributed by atoms with Crippen LogP contribution in [0.3, 0.4) is 0 Å². The molecule has 0 aliphatic heterocycles. The average Bonchev–Trinajstić information content (AvgIpc) is 1.96. The van der Waals surface area contributed by atoms with Crippen LogP contribution in [0.25, 0.3) is 0 Å². The second-order valence-electron chi connectivity index (χ2n) is 2.68. The Morgan fingerprint density at radius 2 is 2.08 bits per heavy atom. The van der Waals surface area contributed by atoms with Gasteiger partial charge in [-0.3, -0.25) is 4.79 Å². The molecule has 3 heteroatoms. The van der Waals surface area contributed by atoms with Crippen LogP contribution >= 0.6 is 11.6 Å². The second kappa shape index (κ2) is 3.15. The fourth-order valence-corrected chi connectivity index (χ4v) is 1.28.